The van der Waals surface area contributed by atoms with Gasteiger partial charge < -0.3 is 19.1 Å². The molecular formula is C20H24N6O. The normalized spacial score (nSPS) is 18.3. The van der Waals surface area contributed by atoms with Crippen molar-refractivity contribution >= 4 is 28.4 Å². The van der Waals surface area contributed by atoms with Crippen molar-refractivity contribution in [3.05, 3.63) is 36.7 Å². The molecule has 2 aliphatic rings. The maximum atomic E-state index is 5.50. The van der Waals surface area contributed by atoms with Crippen LogP contribution < -0.4 is 14.7 Å². The second kappa shape index (κ2) is 7.06. The lowest BCUT2D eigenvalue weighted by atomic mass is 10.1. The monoisotopic (exact) mass is 364 g/mol. The summed E-state index contributed by atoms with van der Waals surface area (Å²) in [5.74, 6) is 2.98. The highest BCUT2D eigenvalue weighted by atomic mass is 16.3. The van der Waals surface area contributed by atoms with E-state index >= 15 is 0 Å². The molecule has 0 amide bonds. The first-order chi connectivity index (χ1) is 13.4. The smallest absolute Gasteiger partial charge is 0.151 e. The van der Waals surface area contributed by atoms with Gasteiger partial charge in [0.25, 0.3) is 0 Å². The van der Waals surface area contributed by atoms with Gasteiger partial charge in [-0.3, -0.25) is 0 Å². The number of hydrogen-bond acceptors (Lipinski definition) is 7. The zero-order chi connectivity index (χ0) is 18.1. The summed E-state index contributed by atoms with van der Waals surface area (Å²) in [7, 11) is 0. The van der Waals surface area contributed by atoms with Crippen LogP contribution in [0.3, 0.4) is 0 Å². The minimum atomic E-state index is 0.890. The molecule has 7 heteroatoms. The molecule has 3 aromatic heterocycles. The first kappa shape index (κ1) is 16.4. The van der Waals surface area contributed by atoms with Crippen LogP contribution in [0.1, 0.15) is 19.3 Å². The maximum Gasteiger partial charge on any atom is 0.151 e. The van der Waals surface area contributed by atoms with Crippen molar-refractivity contribution in [3.63, 3.8) is 0 Å². The van der Waals surface area contributed by atoms with E-state index in [0.29, 0.717) is 0 Å². The average molecular weight is 364 g/mol. The number of aromatic nitrogens is 3. The van der Waals surface area contributed by atoms with E-state index in [1.165, 1.54) is 19.3 Å². The molecule has 0 aromatic carbocycles. The van der Waals surface area contributed by atoms with Crippen LogP contribution in [0.25, 0.3) is 11.0 Å². The van der Waals surface area contributed by atoms with Gasteiger partial charge in [-0.25, -0.2) is 4.98 Å². The molecule has 140 valence electrons. The standard InChI is InChI=1S/C20H24N6O/c1-2-9-24(10-3-1)18-4-5-19(23-22-18)25-11-13-26(14-12-25)20-16-7-15-27-17(16)6-8-21-20/h4-8,15H,1-3,9-14H2. The van der Waals surface area contributed by atoms with Crippen molar-refractivity contribution in [2.75, 3.05) is 54.0 Å². The van der Waals surface area contributed by atoms with E-state index in [-0.39, 0.29) is 0 Å². The lowest BCUT2D eigenvalue weighted by molar-refractivity contribution is 0.570. The molecule has 0 unspecified atom stereocenters. The van der Waals surface area contributed by atoms with E-state index in [4.69, 9.17) is 4.42 Å². The second-order valence-corrected chi connectivity index (χ2v) is 7.24. The number of hydrogen-bond donors (Lipinski definition) is 0. The van der Waals surface area contributed by atoms with Crippen molar-refractivity contribution in [2.24, 2.45) is 0 Å². The van der Waals surface area contributed by atoms with Crippen LogP contribution >= 0.6 is 0 Å². The van der Waals surface area contributed by atoms with Gasteiger partial charge in [0.1, 0.15) is 11.4 Å². The predicted molar refractivity (Wildman–Crippen MR) is 107 cm³/mol. The average Bonchev–Trinajstić information content (AvgIpc) is 3.24. The Labute approximate surface area is 158 Å². The Bertz CT molecular complexity index is 894. The zero-order valence-corrected chi connectivity index (χ0v) is 15.4. The third kappa shape index (κ3) is 3.18. The molecule has 27 heavy (non-hydrogen) atoms. The van der Waals surface area contributed by atoms with E-state index in [2.05, 4.69) is 42.0 Å². The lowest BCUT2D eigenvalue weighted by Gasteiger charge is -2.36. The summed E-state index contributed by atoms with van der Waals surface area (Å²) in [6.45, 7) is 5.83. The Morgan fingerprint density at radius 3 is 2.07 bits per heavy atom. The number of rotatable bonds is 3. The fraction of sp³-hybridized carbons (Fsp3) is 0.450. The van der Waals surface area contributed by atoms with Crippen molar-refractivity contribution in [3.8, 4) is 0 Å². The summed E-state index contributed by atoms with van der Waals surface area (Å²) in [6.07, 6.45) is 7.38. The number of anilines is 3. The molecule has 0 saturated carbocycles. The van der Waals surface area contributed by atoms with Gasteiger partial charge >= 0.3 is 0 Å². The first-order valence-corrected chi connectivity index (χ1v) is 9.79. The van der Waals surface area contributed by atoms with Gasteiger partial charge in [0.15, 0.2) is 11.6 Å². The number of piperidine rings is 1. The Balaban J connectivity index is 1.26. The molecule has 0 spiro atoms. The maximum absolute atomic E-state index is 5.50. The van der Waals surface area contributed by atoms with Crippen LogP contribution in [0, 0.1) is 0 Å². The molecule has 5 heterocycles. The highest BCUT2D eigenvalue weighted by Crippen LogP contribution is 2.27. The predicted octanol–water partition coefficient (Wildman–Crippen LogP) is 2.93. The molecular weight excluding hydrogens is 340 g/mol. The van der Waals surface area contributed by atoms with Gasteiger partial charge in [0, 0.05) is 45.5 Å². The lowest BCUT2D eigenvalue weighted by Crippen LogP contribution is -2.47. The third-order valence-electron chi connectivity index (χ3n) is 5.58. The number of furan rings is 1. The van der Waals surface area contributed by atoms with Crippen LogP contribution in [0.15, 0.2) is 41.1 Å². The molecule has 0 atom stereocenters. The minimum absolute atomic E-state index is 0.890. The molecule has 2 fully saturated rings. The van der Waals surface area contributed by atoms with E-state index in [1.54, 1.807) is 6.26 Å². The van der Waals surface area contributed by atoms with Gasteiger partial charge in [0.2, 0.25) is 0 Å². The number of pyridine rings is 1. The fourth-order valence-corrected chi connectivity index (χ4v) is 4.06. The molecule has 0 bridgehead atoms. The molecule has 7 nitrogen and oxygen atoms in total. The Morgan fingerprint density at radius 2 is 1.37 bits per heavy atom. The zero-order valence-electron chi connectivity index (χ0n) is 15.4. The van der Waals surface area contributed by atoms with Crippen molar-refractivity contribution in [1.29, 1.82) is 0 Å². The van der Waals surface area contributed by atoms with Crippen LogP contribution in [-0.2, 0) is 0 Å². The summed E-state index contributed by atoms with van der Waals surface area (Å²) >= 11 is 0. The summed E-state index contributed by atoms with van der Waals surface area (Å²) in [5.41, 5.74) is 0.890. The topological polar surface area (TPSA) is 61.5 Å². The van der Waals surface area contributed by atoms with E-state index < -0.39 is 0 Å². The Morgan fingerprint density at radius 1 is 0.704 bits per heavy atom. The van der Waals surface area contributed by atoms with Crippen LogP contribution in [-0.4, -0.2) is 54.4 Å². The largest absolute Gasteiger partial charge is 0.464 e. The molecule has 0 radical (unpaired) electrons. The van der Waals surface area contributed by atoms with Gasteiger partial charge in [-0.2, -0.15) is 0 Å². The van der Waals surface area contributed by atoms with Gasteiger partial charge in [0.05, 0.1) is 11.6 Å². The van der Waals surface area contributed by atoms with E-state index in [1.807, 2.05) is 18.3 Å². The van der Waals surface area contributed by atoms with E-state index in [9.17, 15) is 0 Å². The van der Waals surface area contributed by atoms with E-state index in [0.717, 1.165) is 67.7 Å². The summed E-state index contributed by atoms with van der Waals surface area (Å²) in [4.78, 5) is 11.5. The quantitative estimate of drug-likeness (QED) is 0.708. The van der Waals surface area contributed by atoms with Crippen LogP contribution in [0.4, 0.5) is 17.5 Å². The summed E-state index contributed by atoms with van der Waals surface area (Å²) in [6, 6.07) is 8.14. The SMILES string of the molecule is c1cc2occc2c(N2CCN(c3ccc(N4CCCCC4)nn3)CC2)n1. The fourth-order valence-electron chi connectivity index (χ4n) is 4.06. The Kier molecular flexibility index (Phi) is 4.27. The summed E-state index contributed by atoms with van der Waals surface area (Å²) in [5, 5.41) is 10.1. The summed E-state index contributed by atoms with van der Waals surface area (Å²) < 4.78 is 5.50. The van der Waals surface area contributed by atoms with Crippen molar-refractivity contribution < 1.29 is 4.42 Å². The number of nitrogens with zero attached hydrogens (tertiary/aromatic N) is 6. The Hall–Kier alpha value is -2.83. The molecule has 3 aromatic rings. The van der Waals surface area contributed by atoms with Gasteiger partial charge in [-0.15, -0.1) is 10.2 Å². The van der Waals surface area contributed by atoms with Crippen LogP contribution in [0.5, 0.6) is 0 Å². The highest BCUT2D eigenvalue weighted by Gasteiger charge is 2.22. The number of fused-ring (bicyclic) bond motifs is 1. The van der Waals surface area contributed by atoms with Crippen LogP contribution in [0.2, 0.25) is 0 Å². The van der Waals surface area contributed by atoms with Crippen molar-refractivity contribution in [1.82, 2.24) is 15.2 Å². The molecule has 2 aliphatic heterocycles. The van der Waals surface area contributed by atoms with Gasteiger partial charge in [-0.1, -0.05) is 0 Å². The van der Waals surface area contributed by atoms with Crippen molar-refractivity contribution in [2.45, 2.75) is 19.3 Å². The molecule has 0 N–H and O–H groups in total. The number of piperazine rings is 1. The minimum Gasteiger partial charge on any atom is -0.464 e. The van der Waals surface area contributed by atoms with Gasteiger partial charge in [-0.05, 0) is 43.5 Å². The molecule has 5 rings (SSSR count). The second-order valence-electron chi connectivity index (χ2n) is 7.24. The third-order valence-corrected chi connectivity index (χ3v) is 5.58. The highest BCUT2D eigenvalue weighted by molar-refractivity contribution is 5.88. The molecule has 2 saturated heterocycles. The molecule has 0 aliphatic carbocycles. The first-order valence-electron chi connectivity index (χ1n) is 9.79.